The van der Waals surface area contributed by atoms with Crippen LogP contribution < -0.4 is 5.32 Å². The number of hydrogen-bond donors (Lipinski definition) is 1. The van der Waals surface area contributed by atoms with E-state index in [9.17, 15) is 4.79 Å². The van der Waals surface area contributed by atoms with Crippen LogP contribution in [0.2, 0.25) is 0 Å². The summed E-state index contributed by atoms with van der Waals surface area (Å²) in [4.78, 5) is 20.3. The number of methoxy groups -OCH3 is 1. The first-order chi connectivity index (χ1) is 15.5. The van der Waals surface area contributed by atoms with Crippen LogP contribution in [0.15, 0.2) is 41.8 Å². The predicted molar refractivity (Wildman–Crippen MR) is 130 cm³/mol. The van der Waals surface area contributed by atoms with Gasteiger partial charge in [-0.15, -0.1) is 11.3 Å². The number of rotatable bonds is 7. The maximum Gasteiger partial charge on any atom is 0.255 e. The molecule has 0 atom stereocenters. The number of nitrogens with one attached hydrogen (secondary N) is 1. The summed E-state index contributed by atoms with van der Waals surface area (Å²) in [5, 5.41) is 6.44. The SMILES string of the molecule is COCCNc1nc(C2(c3ccccc3)CCN(C(=O)c3cc(C)n(C)c3C)CC2)cs1. The Kier molecular flexibility index (Phi) is 6.67. The monoisotopic (exact) mass is 452 g/mol. The smallest absolute Gasteiger partial charge is 0.255 e. The maximum absolute atomic E-state index is 13.3. The van der Waals surface area contributed by atoms with E-state index in [1.807, 2.05) is 31.9 Å². The van der Waals surface area contributed by atoms with Gasteiger partial charge < -0.3 is 19.5 Å². The number of amides is 1. The van der Waals surface area contributed by atoms with Crippen molar-refractivity contribution in [2.45, 2.75) is 32.1 Å². The molecular weight excluding hydrogens is 420 g/mol. The van der Waals surface area contributed by atoms with Gasteiger partial charge in [0.1, 0.15) is 0 Å². The van der Waals surface area contributed by atoms with Crippen molar-refractivity contribution in [3.8, 4) is 0 Å². The molecule has 2 aromatic heterocycles. The second kappa shape index (κ2) is 9.46. The number of hydrogen-bond acceptors (Lipinski definition) is 5. The average Bonchev–Trinajstić information content (AvgIpc) is 3.40. The highest BCUT2D eigenvalue weighted by molar-refractivity contribution is 7.13. The van der Waals surface area contributed by atoms with Gasteiger partial charge in [0.15, 0.2) is 5.13 Å². The fourth-order valence-electron chi connectivity index (χ4n) is 4.62. The van der Waals surface area contributed by atoms with Crippen molar-refractivity contribution in [3.63, 3.8) is 0 Å². The van der Waals surface area contributed by atoms with Gasteiger partial charge >= 0.3 is 0 Å². The van der Waals surface area contributed by atoms with E-state index in [2.05, 4.69) is 45.6 Å². The number of likely N-dealkylation sites (tertiary alicyclic amines) is 1. The van der Waals surface area contributed by atoms with Gasteiger partial charge in [-0.05, 0) is 38.3 Å². The number of aryl methyl sites for hydroxylation is 1. The molecule has 1 aromatic carbocycles. The largest absolute Gasteiger partial charge is 0.383 e. The van der Waals surface area contributed by atoms with Crippen LogP contribution in [0.4, 0.5) is 5.13 Å². The molecule has 1 saturated heterocycles. The Hall–Kier alpha value is -2.64. The average molecular weight is 453 g/mol. The topological polar surface area (TPSA) is 59.4 Å². The second-order valence-corrected chi connectivity index (χ2v) is 9.40. The molecule has 1 amide bonds. The third-order valence-corrected chi connectivity index (χ3v) is 7.61. The van der Waals surface area contributed by atoms with Gasteiger partial charge in [-0.25, -0.2) is 4.98 Å². The normalized spacial score (nSPS) is 15.7. The summed E-state index contributed by atoms with van der Waals surface area (Å²) < 4.78 is 7.22. The first-order valence-electron chi connectivity index (χ1n) is 11.1. The molecule has 7 heteroatoms. The quantitative estimate of drug-likeness (QED) is 0.541. The Morgan fingerprint density at radius 1 is 1.22 bits per heavy atom. The lowest BCUT2D eigenvalue weighted by Gasteiger charge is -2.41. The molecule has 6 nitrogen and oxygen atoms in total. The minimum Gasteiger partial charge on any atom is -0.383 e. The molecular formula is C25H32N4O2S. The minimum absolute atomic E-state index is 0.132. The third kappa shape index (κ3) is 4.19. The summed E-state index contributed by atoms with van der Waals surface area (Å²) >= 11 is 1.64. The zero-order chi connectivity index (χ0) is 22.7. The molecule has 0 aliphatic carbocycles. The zero-order valence-electron chi connectivity index (χ0n) is 19.4. The molecule has 0 bridgehead atoms. The van der Waals surface area contributed by atoms with E-state index in [1.165, 1.54) is 5.56 Å². The number of nitrogens with zero attached hydrogens (tertiary/aromatic N) is 3. The number of piperidine rings is 1. The highest BCUT2D eigenvalue weighted by Crippen LogP contribution is 2.43. The van der Waals surface area contributed by atoms with Gasteiger partial charge in [0.2, 0.25) is 0 Å². The Morgan fingerprint density at radius 2 is 1.94 bits per heavy atom. The van der Waals surface area contributed by atoms with Crippen LogP contribution in [0, 0.1) is 13.8 Å². The van der Waals surface area contributed by atoms with Crippen LogP contribution >= 0.6 is 11.3 Å². The van der Waals surface area contributed by atoms with Gasteiger partial charge in [0.25, 0.3) is 5.91 Å². The van der Waals surface area contributed by atoms with E-state index in [0.29, 0.717) is 19.7 Å². The van der Waals surface area contributed by atoms with Crippen LogP contribution in [0.5, 0.6) is 0 Å². The number of carbonyl (C=O) groups excluding carboxylic acids is 1. The van der Waals surface area contributed by atoms with Gasteiger partial charge in [-0.2, -0.15) is 0 Å². The Morgan fingerprint density at radius 3 is 2.56 bits per heavy atom. The fraction of sp³-hybridized carbons (Fsp3) is 0.440. The maximum atomic E-state index is 13.3. The highest BCUT2D eigenvalue weighted by Gasteiger charge is 2.41. The molecule has 4 rings (SSSR count). The standard InChI is InChI=1S/C25H32N4O2S/c1-18-16-21(19(2)28(18)3)23(30)29-13-10-25(11-14-29,20-8-6-5-7-9-20)22-17-32-24(27-22)26-12-15-31-4/h5-9,16-17H,10-15H2,1-4H3,(H,26,27). The van der Waals surface area contributed by atoms with E-state index in [1.54, 1.807) is 18.4 Å². The molecule has 1 N–H and O–H groups in total. The number of thiazole rings is 1. The van der Waals surface area contributed by atoms with E-state index in [0.717, 1.165) is 47.2 Å². The Labute approximate surface area is 194 Å². The lowest BCUT2D eigenvalue weighted by Crippen LogP contribution is -2.46. The summed E-state index contributed by atoms with van der Waals surface area (Å²) in [6.45, 7) is 6.87. The number of ether oxygens (including phenoxy) is 1. The molecule has 170 valence electrons. The first-order valence-corrected chi connectivity index (χ1v) is 12.0. The molecule has 1 fully saturated rings. The predicted octanol–water partition coefficient (Wildman–Crippen LogP) is 4.38. The van der Waals surface area contributed by atoms with Crippen LogP contribution in [-0.4, -0.2) is 53.7 Å². The van der Waals surface area contributed by atoms with E-state index in [4.69, 9.17) is 9.72 Å². The summed E-state index contributed by atoms with van der Waals surface area (Å²) in [6.07, 6.45) is 1.71. The van der Waals surface area contributed by atoms with Crippen molar-refractivity contribution in [2.75, 3.05) is 38.7 Å². The van der Waals surface area contributed by atoms with Crippen molar-refractivity contribution in [1.82, 2.24) is 14.5 Å². The first kappa shape index (κ1) is 22.6. The fourth-order valence-corrected chi connectivity index (χ4v) is 5.46. The molecule has 0 radical (unpaired) electrons. The van der Waals surface area contributed by atoms with Gasteiger partial charge in [0, 0.05) is 56.0 Å². The molecule has 1 aliphatic heterocycles. The van der Waals surface area contributed by atoms with Crippen molar-refractivity contribution < 1.29 is 9.53 Å². The van der Waals surface area contributed by atoms with E-state index < -0.39 is 0 Å². The zero-order valence-corrected chi connectivity index (χ0v) is 20.2. The summed E-state index contributed by atoms with van der Waals surface area (Å²) in [6, 6.07) is 12.6. The van der Waals surface area contributed by atoms with Crippen molar-refractivity contribution >= 4 is 22.4 Å². The number of aromatic nitrogens is 2. The lowest BCUT2D eigenvalue weighted by molar-refractivity contribution is 0.0683. The molecule has 0 unspecified atom stereocenters. The van der Waals surface area contributed by atoms with Crippen LogP contribution in [-0.2, 0) is 17.2 Å². The molecule has 32 heavy (non-hydrogen) atoms. The number of benzene rings is 1. The van der Waals surface area contributed by atoms with E-state index >= 15 is 0 Å². The summed E-state index contributed by atoms with van der Waals surface area (Å²) in [7, 11) is 3.71. The van der Waals surface area contributed by atoms with Gasteiger partial charge in [0.05, 0.1) is 17.9 Å². The second-order valence-electron chi connectivity index (χ2n) is 8.54. The van der Waals surface area contributed by atoms with Gasteiger partial charge in [-0.1, -0.05) is 30.3 Å². The minimum atomic E-state index is -0.183. The Bertz CT molecular complexity index is 1070. The van der Waals surface area contributed by atoms with Crippen LogP contribution in [0.1, 0.15) is 45.8 Å². The highest BCUT2D eigenvalue weighted by atomic mass is 32.1. The van der Waals surface area contributed by atoms with Crippen LogP contribution in [0.25, 0.3) is 0 Å². The molecule has 0 saturated carbocycles. The van der Waals surface area contributed by atoms with Crippen LogP contribution in [0.3, 0.4) is 0 Å². The molecule has 3 heterocycles. The number of carbonyl (C=O) groups is 1. The molecule has 3 aromatic rings. The summed E-state index contributed by atoms with van der Waals surface area (Å²) in [5.41, 5.74) is 5.13. The number of anilines is 1. The van der Waals surface area contributed by atoms with Crippen molar-refractivity contribution in [3.05, 3.63) is 70.0 Å². The molecule has 0 spiro atoms. The molecule has 1 aliphatic rings. The van der Waals surface area contributed by atoms with Gasteiger partial charge in [-0.3, -0.25) is 4.79 Å². The van der Waals surface area contributed by atoms with Crippen molar-refractivity contribution in [2.24, 2.45) is 7.05 Å². The summed E-state index contributed by atoms with van der Waals surface area (Å²) in [5.74, 6) is 0.132. The van der Waals surface area contributed by atoms with Crippen molar-refractivity contribution in [1.29, 1.82) is 0 Å². The van der Waals surface area contributed by atoms with E-state index in [-0.39, 0.29) is 11.3 Å². The lowest BCUT2D eigenvalue weighted by atomic mass is 9.70. The Balaban J connectivity index is 1.57. The third-order valence-electron chi connectivity index (χ3n) is 6.81.